The summed E-state index contributed by atoms with van der Waals surface area (Å²) in [6.45, 7) is 23.2. The number of carbonyl (C=O) groups is 1. The van der Waals surface area contributed by atoms with Gasteiger partial charge in [-0.2, -0.15) is 0 Å². The number of pyridine rings is 2. The van der Waals surface area contributed by atoms with Crippen LogP contribution in [0.25, 0.3) is 44.3 Å². The van der Waals surface area contributed by atoms with E-state index in [1.807, 2.05) is 53.8 Å². The zero-order valence-electron chi connectivity index (χ0n) is 32.5. The third-order valence-electron chi connectivity index (χ3n) is 10.6. The predicted molar refractivity (Wildman–Crippen MR) is 209 cm³/mol. The standard InChI is InChI=1S/C30H29N2O.C15H28O2.Ir/c1-19(2)14-23-10-11-25-26(18-33-29(25)32-23)21-12-13-31-28(17-21)22-15-20-8-6-7-9-24(20)27(16-22)30(3,4)5;1-7-14(5,8-2)12(16)11-13(17)15(6,9-3)10-4;/h6-13,16-19H,14H2,1-5H3;11,16H,7-10H2,1-6H3;/q-1;;/b;12-11-;. The zero-order chi connectivity index (χ0) is 36.9. The molecule has 0 spiro atoms. The van der Waals surface area contributed by atoms with Crippen LogP contribution in [-0.4, -0.2) is 20.9 Å². The Morgan fingerprint density at radius 1 is 0.882 bits per heavy atom. The molecule has 0 bridgehead atoms. The Kier molecular flexibility index (Phi) is 14.2. The van der Waals surface area contributed by atoms with Crippen LogP contribution in [0.5, 0.6) is 0 Å². The average molecular weight is 866 g/mol. The molecule has 3 aromatic heterocycles. The number of allylic oxidation sites excluding steroid dienone is 2. The van der Waals surface area contributed by atoms with Crippen molar-refractivity contribution in [3.63, 3.8) is 0 Å². The summed E-state index contributed by atoms with van der Waals surface area (Å²) in [5.41, 5.74) is 6.48. The molecule has 0 saturated heterocycles. The van der Waals surface area contributed by atoms with Crippen LogP contribution < -0.4 is 0 Å². The molecule has 0 amide bonds. The Labute approximate surface area is 319 Å². The minimum absolute atomic E-state index is 0. The van der Waals surface area contributed by atoms with Gasteiger partial charge in [0.2, 0.25) is 5.71 Å². The van der Waals surface area contributed by atoms with Crippen molar-refractivity contribution in [2.45, 2.75) is 114 Å². The fourth-order valence-corrected chi connectivity index (χ4v) is 6.12. The van der Waals surface area contributed by atoms with E-state index in [0.29, 0.717) is 11.6 Å². The van der Waals surface area contributed by atoms with Crippen LogP contribution >= 0.6 is 0 Å². The molecule has 5 aromatic rings. The van der Waals surface area contributed by atoms with E-state index in [0.717, 1.165) is 71.0 Å². The summed E-state index contributed by atoms with van der Waals surface area (Å²) in [6, 6.07) is 22.7. The fraction of sp³-hybridized carbons (Fsp3) is 0.444. The van der Waals surface area contributed by atoms with Crippen LogP contribution in [0.2, 0.25) is 0 Å². The van der Waals surface area contributed by atoms with Crippen LogP contribution in [0.1, 0.15) is 113 Å². The normalized spacial score (nSPS) is 12.5. The smallest absolute Gasteiger partial charge is 0.226 e. The molecular weight excluding hydrogens is 809 g/mol. The topological polar surface area (TPSA) is 76.2 Å². The van der Waals surface area contributed by atoms with Crippen molar-refractivity contribution in [2.75, 3.05) is 0 Å². The van der Waals surface area contributed by atoms with E-state index in [-0.39, 0.29) is 47.9 Å². The Hall–Kier alpha value is -3.60. The molecule has 0 aliphatic rings. The number of fused-ring (bicyclic) bond motifs is 2. The summed E-state index contributed by atoms with van der Waals surface area (Å²) in [4.78, 5) is 21.6. The first-order valence-electron chi connectivity index (χ1n) is 18.3. The Bertz CT molecular complexity index is 1960. The van der Waals surface area contributed by atoms with E-state index in [2.05, 4.69) is 89.2 Å². The maximum absolute atomic E-state index is 12.2. The number of carbonyl (C=O) groups excluding carboxylic acids is 1. The second-order valence-electron chi connectivity index (χ2n) is 15.7. The molecule has 0 unspecified atom stereocenters. The van der Waals surface area contributed by atoms with Crippen molar-refractivity contribution < 1.29 is 34.4 Å². The number of nitrogens with zero attached hydrogens (tertiary/aromatic N) is 2. The quantitative estimate of drug-likeness (QED) is 0.0813. The first kappa shape index (κ1) is 41.8. The van der Waals surface area contributed by atoms with Gasteiger partial charge in [0.05, 0.1) is 0 Å². The minimum atomic E-state index is -0.337. The summed E-state index contributed by atoms with van der Waals surface area (Å²) < 4.78 is 5.85. The van der Waals surface area contributed by atoms with Crippen LogP contribution in [0.4, 0.5) is 0 Å². The van der Waals surface area contributed by atoms with Crippen molar-refractivity contribution in [3.8, 4) is 22.4 Å². The maximum atomic E-state index is 12.2. The molecule has 0 fully saturated rings. The van der Waals surface area contributed by atoms with Crippen LogP contribution in [0, 0.1) is 22.8 Å². The number of hydrogen-bond acceptors (Lipinski definition) is 5. The van der Waals surface area contributed by atoms with E-state index >= 15 is 0 Å². The van der Waals surface area contributed by atoms with E-state index < -0.39 is 0 Å². The van der Waals surface area contributed by atoms with E-state index in [1.54, 1.807) is 6.26 Å². The van der Waals surface area contributed by atoms with Crippen molar-refractivity contribution in [1.82, 2.24) is 9.97 Å². The maximum Gasteiger partial charge on any atom is 0.226 e. The van der Waals surface area contributed by atoms with Gasteiger partial charge in [-0.3, -0.25) is 9.78 Å². The molecular formula is C45H57IrN2O3-. The molecule has 0 aliphatic heterocycles. The predicted octanol–water partition coefficient (Wildman–Crippen LogP) is 12.7. The fourth-order valence-electron chi connectivity index (χ4n) is 6.12. The van der Waals surface area contributed by atoms with Crippen molar-refractivity contribution in [3.05, 3.63) is 96.2 Å². The number of furan rings is 1. The third kappa shape index (κ3) is 9.64. The molecule has 5 nitrogen and oxygen atoms in total. The first-order chi connectivity index (χ1) is 23.6. The second-order valence-corrected chi connectivity index (χ2v) is 15.7. The molecule has 3 heterocycles. The molecule has 2 aromatic carbocycles. The summed E-state index contributed by atoms with van der Waals surface area (Å²) in [7, 11) is 0. The molecule has 5 rings (SSSR count). The number of hydrogen-bond donors (Lipinski definition) is 1. The number of ketones is 1. The van der Waals surface area contributed by atoms with Gasteiger partial charge < -0.3 is 9.52 Å². The van der Waals surface area contributed by atoms with Gasteiger partial charge >= 0.3 is 0 Å². The molecule has 1 N–H and O–H groups in total. The van der Waals surface area contributed by atoms with Gasteiger partial charge in [0, 0.05) is 65.5 Å². The van der Waals surface area contributed by atoms with Gasteiger partial charge in [-0.15, -0.1) is 29.1 Å². The summed E-state index contributed by atoms with van der Waals surface area (Å²) in [5, 5.41) is 13.5. The Balaban J connectivity index is 0.000000335. The number of benzene rings is 2. The SMILES string of the molecule is CC(C)Cc1ccc2c(-c3ccnc(-c4[c-]c5ccccc5c(C(C)(C)C)c4)c3)coc2n1.CCC(C)(CC)C(=O)/C=C(\O)C(C)(CC)CC.[Ir]. The monoisotopic (exact) mass is 866 g/mol. The molecule has 0 saturated carbocycles. The van der Waals surface area contributed by atoms with Gasteiger partial charge in [0.15, 0.2) is 5.78 Å². The van der Waals surface area contributed by atoms with Gasteiger partial charge in [0.25, 0.3) is 0 Å². The number of aliphatic hydroxyl groups excluding tert-OH is 1. The van der Waals surface area contributed by atoms with Crippen molar-refractivity contribution >= 4 is 27.7 Å². The Morgan fingerprint density at radius 2 is 1.53 bits per heavy atom. The van der Waals surface area contributed by atoms with Crippen LogP contribution in [0.3, 0.4) is 0 Å². The van der Waals surface area contributed by atoms with Gasteiger partial charge in [-0.25, -0.2) is 4.98 Å². The number of rotatable bonds is 11. The second kappa shape index (κ2) is 17.3. The summed E-state index contributed by atoms with van der Waals surface area (Å²) in [6.07, 6.45) is 9.37. The van der Waals surface area contributed by atoms with Gasteiger partial charge in [-0.05, 0) is 67.2 Å². The van der Waals surface area contributed by atoms with Gasteiger partial charge in [0.1, 0.15) is 12.0 Å². The molecule has 275 valence electrons. The largest absolute Gasteiger partial charge is 0.512 e. The summed E-state index contributed by atoms with van der Waals surface area (Å²) in [5.74, 6) is 0.845. The zero-order valence-corrected chi connectivity index (χ0v) is 34.9. The van der Waals surface area contributed by atoms with Crippen molar-refractivity contribution in [2.24, 2.45) is 16.7 Å². The van der Waals surface area contributed by atoms with Crippen LogP contribution in [0.15, 0.2) is 83.3 Å². The minimum Gasteiger partial charge on any atom is -0.512 e. The van der Waals surface area contributed by atoms with Gasteiger partial charge in [-0.1, -0.05) is 111 Å². The molecule has 1 radical (unpaired) electrons. The van der Waals surface area contributed by atoms with E-state index in [9.17, 15) is 9.90 Å². The third-order valence-corrected chi connectivity index (χ3v) is 10.6. The molecule has 0 atom stereocenters. The van der Waals surface area contributed by atoms with E-state index in [1.165, 1.54) is 17.0 Å². The van der Waals surface area contributed by atoms with Crippen molar-refractivity contribution in [1.29, 1.82) is 0 Å². The van der Waals surface area contributed by atoms with E-state index in [4.69, 9.17) is 14.4 Å². The molecule has 51 heavy (non-hydrogen) atoms. The Morgan fingerprint density at radius 3 is 2.14 bits per heavy atom. The van der Waals surface area contributed by atoms with Crippen LogP contribution in [-0.2, 0) is 36.7 Å². The average Bonchev–Trinajstić information content (AvgIpc) is 3.53. The molecule has 0 aliphatic carbocycles. The summed E-state index contributed by atoms with van der Waals surface area (Å²) >= 11 is 0. The number of aromatic nitrogens is 2. The first-order valence-corrected chi connectivity index (χ1v) is 18.3. The molecule has 6 heteroatoms. The number of aliphatic hydroxyl groups is 1.